The smallest absolute Gasteiger partial charge is 0.244 e. The number of anilines is 2. The van der Waals surface area contributed by atoms with Gasteiger partial charge in [-0.3, -0.25) is 24.1 Å². The first-order chi connectivity index (χ1) is 12.0. The van der Waals surface area contributed by atoms with Crippen LogP contribution in [0.15, 0.2) is 36.7 Å². The molecule has 7 heteroatoms. The lowest BCUT2D eigenvalue weighted by Gasteiger charge is -2.44. The predicted octanol–water partition coefficient (Wildman–Crippen LogP) is 1.42. The zero-order valence-corrected chi connectivity index (χ0v) is 14.3. The van der Waals surface area contributed by atoms with Gasteiger partial charge in [0.25, 0.3) is 0 Å². The Morgan fingerprint density at radius 1 is 1.32 bits per heavy atom. The Morgan fingerprint density at radius 2 is 2.08 bits per heavy atom. The van der Waals surface area contributed by atoms with E-state index in [1.165, 1.54) is 0 Å². The average molecular weight is 339 g/mol. The molecule has 2 aliphatic heterocycles. The van der Waals surface area contributed by atoms with E-state index in [1.54, 1.807) is 4.90 Å². The van der Waals surface area contributed by atoms with E-state index in [4.69, 9.17) is 0 Å². The number of fused-ring (bicyclic) bond motifs is 1. The van der Waals surface area contributed by atoms with Gasteiger partial charge in [0, 0.05) is 19.3 Å². The fourth-order valence-corrected chi connectivity index (χ4v) is 3.42. The van der Waals surface area contributed by atoms with Crippen LogP contribution in [-0.2, 0) is 9.59 Å². The lowest BCUT2D eigenvalue weighted by atomic mass is 10.0. The molecule has 25 heavy (non-hydrogen) atoms. The highest BCUT2D eigenvalue weighted by atomic mass is 16.2. The molecule has 3 heterocycles. The van der Waals surface area contributed by atoms with Crippen LogP contribution in [0.3, 0.4) is 0 Å². The minimum Gasteiger partial charge on any atom is -0.323 e. The summed E-state index contributed by atoms with van der Waals surface area (Å²) < 4.78 is 1.96. The number of carbonyl (C=O) groups excluding carboxylic acids is 2. The Morgan fingerprint density at radius 3 is 2.80 bits per heavy atom. The molecule has 2 aromatic rings. The van der Waals surface area contributed by atoms with Gasteiger partial charge in [-0.05, 0) is 31.5 Å². The van der Waals surface area contributed by atoms with Gasteiger partial charge < -0.3 is 5.32 Å². The van der Waals surface area contributed by atoms with Gasteiger partial charge in [0.05, 0.1) is 29.7 Å². The fourth-order valence-electron chi connectivity index (χ4n) is 3.42. The van der Waals surface area contributed by atoms with Crippen molar-refractivity contribution < 1.29 is 9.59 Å². The van der Waals surface area contributed by atoms with Crippen LogP contribution in [0.1, 0.15) is 18.5 Å². The number of nitrogens with one attached hydrogen (secondary N) is 1. The maximum absolute atomic E-state index is 13.0. The summed E-state index contributed by atoms with van der Waals surface area (Å²) >= 11 is 0. The molecule has 0 saturated carbocycles. The molecule has 1 saturated heterocycles. The van der Waals surface area contributed by atoms with Gasteiger partial charge in [-0.15, -0.1) is 0 Å². The number of hydrogen-bond acceptors (Lipinski definition) is 4. The van der Waals surface area contributed by atoms with Crippen LogP contribution >= 0.6 is 0 Å². The molecule has 1 atom stereocenters. The van der Waals surface area contributed by atoms with Gasteiger partial charge in [0.2, 0.25) is 11.8 Å². The van der Waals surface area contributed by atoms with E-state index < -0.39 is 0 Å². The minimum absolute atomic E-state index is 0.0441. The van der Waals surface area contributed by atoms with Gasteiger partial charge in [-0.2, -0.15) is 5.10 Å². The summed E-state index contributed by atoms with van der Waals surface area (Å²) in [5.74, 6) is -0.204. The minimum atomic E-state index is -0.271. The van der Waals surface area contributed by atoms with Crippen LogP contribution in [0.2, 0.25) is 0 Å². The molecule has 1 aromatic carbocycles. The number of aryl methyl sites for hydroxylation is 1. The Balaban J connectivity index is 1.46. The number of benzene rings is 1. The summed E-state index contributed by atoms with van der Waals surface area (Å²) in [5, 5.41) is 7.16. The monoisotopic (exact) mass is 339 g/mol. The Labute approximate surface area is 146 Å². The van der Waals surface area contributed by atoms with Crippen molar-refractivity contribution in [3.63, 3.8) is 0 Å². The normalized spacial score (nSPS) is 19.1. The molecule has 2 aliphatic rings. The molecule has 0 spiro atoms. The van der Waals surface area contributed by atoms with Crippen molar-refractivity contribution in [2.75, 3.05) is 29.9 Å². The Kier molecular flexibility index (Phi) is 3.80. The van der Waals surface area contributed by atoms with Crippen molar-refractivity contribution in [2.45, 2.75) is 25.9 Å². The van der Waals surface area contributed by atoms with E-state index in [1.807, 2.05) is 55.2 Å². The summed E-state index contributed by atoms with van der Waals surface area (Å²) in [4.78, 5) is 28.6. The second kappa shape index (κ2) is 6.00. The van der Waals surface area contributed by atoms with Gasteiger partial charge in [0.1, 0.15) is 6.54 Å². The highest BCUT2D eigenvalue weighted by Crippen LogP contribution is 2.31. The zero-order chi connectivity index (χ0) is 17.6. The third kappa shape index (κ3) is 2.80. The van der Waals surface area contributed by atoms with Crippen LogP contribution in [0.25, 0.3) is 0 Å². The quantitative estimate of drug-likeness (QED) is 0.918. The number of likely N-dealkylation sites (tertiary alicyclic amines) is 1. The van der Waals surface area contributed by atoms with Crippen LogP contribution in [0, 0.1) is 6.92 Å². The molecule has 1 fully saturated rings. The molecule has 7 nitrogen and oxygen atoms in total. The number of nitrogens with zero attached hydrogens (tertiary/aromatic N) is 4. The molecular formula is C18H21N5O2. The number of carbonyl (C=O) groups is 2. The van der Waals surface area contributed by atoms with Crippen LogP contribution < -0.4 is 10.2 Å². The maximum Gasteiger partial charge on any atom is 0.244 e. The number of rotatable bonds is 3. The number of para-hydroxylation sites is 2. The summed E-state index contributed by atoms with van der Waals surface area (Å²) in [6, 6.07) is 7.44. The Bertz CT molecular complexity index is 824. The molecule has 0 bridgehead atoms. The first kappa shape index (κ1) is 15.8. The lowest BCUT2D eigenvalue weighted by molar-refractivity contribution is -0.127. The summed E-state index contributed by atoms with van der Waals surface area (Å²) in [6.07, 6.45) is 3.88. The topological polar surface area (TPSA) is 70.5 Å². The first-order valence-electron chi connectivity index (χ1n) is 8.48. The van der Waals surface area contributed by atoms with Crippen molar-refractivity contribution in [3.05, 3.63) is 42.2 Å². The molecule has 4 rings (SSSR count). The van der Waals surface area contributed by atoms with Crippen LogP contribution in [0.5, 0.6) is 0 Å². The van der Waals surface area contributed by atoms with E-state index in [9.17, 15) is 9.59 Å². The van der Waals surface area contributed by atoms with E-state index >= 15 is 0 Å². The highest BCUT2D eigenvalue weighted by molar-refractivity contribution is 6.11. The second-order valence-corrected chi connectivity index (χ2v) is 6.77. The van der Waals surface area contributed by atoms with Crippen molar-refractivity contribution in [1.29, 1.82) is 0 Å². The molecular weight excluding hydrogens is 318 g/mol. The van der Waals surface area contributed by atoms with Gasteiger partial charge in [-0.25, -0.2) is 0 Å². The molecule has 1 unspecified atom stereocenters. The van der Waals surface area contributed by atoms with E-state index in [2.05, 4.69) is 15.3 Å². The number of hydrogen-bond donors (Lipinski definition) is 1. The van der Waals surface area contributed by atoms with Crippen molar-refractivity contribution >= 4 is 23.2 Å². The molecule has 2 amide bonds. The van der Waals surface area contributed by atoms with Gasteiger partial charge in [0.15, 0.2) is 0 Å². The van der Waals surface area contributed by atoms with E-state index in [0.717, 1.165) is 24.3 Å². The van der Waals surface area contributed by atoms with Crippen molar-refractivity contribution in [1.82, 2.24) is 14.7 Å². The third-order valence-corrected chi connectivity index (χ3v) is 4.94. The number of amides is 2. The number of aromatic nitrogens is 2. The highest BCUT2D eigenvalue weighted by Gasteiger charge is 2.38. The summed E-state index contributed by atoms with van der Waals surface area (Å²) in [5.41, 5.74) is 2.59. The van der Waals surface area contributed by atoms with E-state index in [-0.39, 0.29) is 24.4 Å². The third-order valence-electron chi connectivity index (χ3n) is 4.94. The standard InChI is InChI=1S/C18H21N5O2/c1-12-7-19-23(8-12)14-9-21(10-14)13(2)18(25)22-11-17(24)20-15-5-3-4-6-16(15)22/h3-8,13-14H,9-11H2,1-2H3,(H,20,24). The largest absolute Gasteiger partial charge is 0.323 e. The van der Waals surface area contributed by atoms with Crippen molar-refractivity contribution in [3.8, 4) is 0 Å². The van der Waals surface area contributed by atoms with Crippen LogP contribution in [-0.4, -0.2) is 52.2 Å². The maximum atomic E-state index is 13.0. The SMILES string of the molecule is Cc1cnn(C2CN(C(C)C(=O)N3CC(=O)Nc4ccccc43)C2)c1. The van der Waals surface area contributed by atoms with Gasteiger partial charge in [-0.1, -0.05) is 12.1 Å². The molecule has 1 aromatic heterocycles. The summed E-state index contributed by atoms with van der Waals surface area (Å²) in [6.45, 7) is 5.56. The Hall–Kier alpha value is -2.67. The fraction of sp³-hybridized carbons (Fsp3) is 0.389. The van der Waals surface area contributed by atoms with Gasteiger partial charge >= 0.3 is 0 Å². The molecule has 1 N–H and O–H groups in total. The molecule has 0 radical (unpaired) electrons. The average Bonchev–Trinajstić information content (AvgIpc) is 2.97. The van der Waals surface area contributed by atoms with Crippen molar-refractivity contribution in [2.24, 2.45) is 0 Å². The summed E-state index contributed by atoms with van der Waals surface area (Å²) in [7, 11) is 0. The molecule has 0 aliphatic carbocycles. The van der Waals surface area contributed by atoms with E-state index in [0.29, 0.717) is 11.7 Å². The second-order valence-electron chi connectivity index (χ2n) is 6.77. The van der Waals surface area contributed by atoms with Crippen LogP contribution in [0.4, 0.5) is 11.4 Å². The predicted molar refractivity (Wildman–Crippen MR) is 94.5 cm³/mol. The molecule has 130 valence electrons. The zero-order valence-electron chi connectivity index (χ0n) is 14.3. The lowest BCUT2D eigenvalue weighted by Crippen LogP contribution is -2.58. The first-order valence-corrected chi connectivity index (χ1v) is 8.48.